The van der Waals surface area contributed by atoms with Gasteiger partial charge in [-0.3, -0.25) is 4.55 Å². The molecule has 1 rings (SSSR count). The second kappa shape index (κ2) is 5.32. The Hall–Kier alpha value is -1.35. The van der Waals surface area contributed by atoms with E-state index in [0.29, 0.717) is 5.56 Å². The average Bonchev–Trinajstić information content (AvgIpc) is 2.26. The van der Waals surface area contributed by atoms with Crippen LogP contribution in [0.1, 0.15) is 11.7 Å². The van der Waals surface area contributed by atoms with Crippen molar-refractivity contribution in [2.75, 3.05) is 13.7 Å². The molecule has 0 bridgehead atoms. The second-order valence-corrected chi connectivity index (χ2v) is 4.19. The Labute approximate surface area is 98.7 Å². The number of aliphatic hydroxyl groups excluding tert-OH is 1. The fourth-order valence-electron chi connectivity index (χ4n) is 1.21. The van der Waals surface area contributed by atoms with Gasteiger partial charge in [-0.1, -0.05) is 6.07 Å². The maximum absolute atomic E-state index is 10.6. The van der Waals surface area contributed by atoms with E-state index in [-0.39, 0.29) is 18.0 Å². The number of aliphatic hydroxyl groups is 1. The van der Waals surface area contributed by atoms with E-state index in [1.54, 1.807) is 0 Å². The van der Waals surface area contributed by atoms with Crippen molar-refractivity contribution in [3.8, 4) is 11.5 Å². The van der Waals surface area contributed by atoms with Gasteiger partial charge < -0.3 is 19.8 Å². The molecule has 0 spiro atoms. The molecule has 7 nitrogen and oxygen atoms in total. The molecule has 0 aromatic heterocycles. The van der Waals surface area contributed by atoms with Crippen molar-refractivity contribution in [3.63, 3.8) is 0 Å². The molecule has 0 saturated heterocycles. The van der Waals surface area contributed by atoms with E-state index in [2.05, 4.69) is 4.18 Å². The standard InChI is InChI=1S/C9H13NO6S/c1-15-9-4-6(7(11)5-10)2-3-8(9)16-17(12,13)14/h2-4,7,11H,5,10H2,1H3,(H,12,13,14)/t7-/m1/s1. The first kappa shape index (κ1) is 13.7. The third-order valence-electron chi connectivity index (χ3n) is 1.99. The maximum atomic E-state index is 10.6. The molecule has 17 heavy (non-hydrogen) atoms. The fraction of sp³-hybridized carbons (Fsp3) is 0.333. The van der Waals surface area contributed by atoms with E-state index in [1.807, 2.05) is 0 Å². The molecule has 0 fully saturated rings. The molecule has 0 saturated carbocycles. The minimum Gasteiger partial charge on any atom is -0.493 e. The first-order chi connectivity index (χ1) is 7.87. The summed E-state index contributed by atoms with van der Waals surface area (Å²) >= 11 is 0. The predicted octanol–water partition coefficient (Wildman–Crippen LogP) is -0.131. The zero-order valence-electron chi connectivity index (χ0n) is 9.03. The van der Waals surface area contributed by atoms with Crippen LogP contribution in [0.3, 0.4) is 0 Å². The van der Waals surface area contributed by atoms with Crippen molar-refractivity contribution in [3.05, 3.63) is 23.8 Å². The lowest BCUT2D eigenvalue weighted by Crippen LogP contribution is -2.12. The number of rotatable bonds is 5. The van der Waals surface area contributed by atoms with Gasteiger partial charge in [0.1, 0.15) is 0 Å². The van der Waals surface area contributed by atoms with Crippen molar-refractivity contribution in [2.45, 2.75) is 6.10 Å². The lowest BCUT2D eigenvalue weighted by molar-refractivity contribution is 0.186. The van der Waals surface area contributed by atoms with Gasteiger partial charge in [0.2, 0.25) is 0 Å². The van der Waals surface area contributed by atoms with E-state index in [9.17, 15) is 13.5 Å². The van der Waals surface area contributed by atoms with Crippen molar-refractivity contribution in [2.24, 2.45) is 5.73 Å². The molecule has 1 aromatic rings. The van der Waals surface area contributed by atoms with Crippen molar-refractivity contribution in [1.82, 2.24) is 0 Å². The third kappa shape index (κ3) is 3.86. The smallest absolute Gasteiger partial charge is 0.446 e. The van der Waals surface area contributed by atoms with Gasteiger partial charge in [-0.2, -0.15) is 8.42 Å². The molecule has 96 valence electrons. The van der Waals surface area contributed by atoms with Gasteiger partial charge >= 0.3 is 10.4 Å². The van der Waals surface area contributed by atoms with Gasteiger partial charge in [-0.15, -0.1) is 0 Å². The average molecular weight is 263 g/mol. The molecule has 0 aliphatic heterocycles. The van der Waals surface area contributed by atoms with Crippen LogP contribution in [0.15, 0.2) is 18.2 Å². The Bertz CT molecular complexity index is 486. The van der Waals surface area contributed by atoms with E-state index in [1.165, 1.54) is 25.3 Å². The Kier molecular flexibility index (Phi) is 4.29. The Morgan fingerprint density at radius 3 is 2.53 bits per heavy atom. The van der Waals surface area contributed by atoms with Gasteiger partial charge in [0.05, 0.1) is 13.2 Å². The van der Waals surface area contributed by atoms with Crippen molar-refractivity contribution in [1.29, 1.82) is 0 Å². The minimum atomic E-state index is -4.62. The summed E-state index contributed by atoms with van der Waals surface area (Å²) < 4.78 is 38.8. The van der Waals surface area contributed by atoms with E-state index in [0.717, 1.165) is 0 Å². The number of benzene rings is 1. The van der Waals surface area contributed by atoms with Gasteiger partial charge in [0, 0.05) is 6.54 Å². The molecular weight excluding hydrogens is 250 g/mol. The molecule has 0 aliphatic carbocycles. The largest absolute Gasteiger partial charge is 0.493 e. The SMILES string of the molecule is COc1cc([C@H](O)CN)ccc1OS(=O)(=O)O. The van der Waals surface area contributed by atoms with E-state index < -0.39 is 16.5 Å². The van der Waals surface area contributed by atoms with E-state index >= 15 is 0 Å². The molecule has 0 aliphatic rings. The van der Waals surface area contributed by atoms with Gasteiger partial charge in [0.15, 0.2) is 11.5 Å². The van der Waals surface area contributed by atoms with Gasteiger partial charge in [0.25, 0.3) is 0 Å². The lowest BCUT2D eigenvalue weighted by atomic mass is 10.1. The quantitative estimate of drug-likeness (QED) is 0.633. The Morgan fingerprint density at radius 1 is 1.41 bits per heavy atom. The van der Waals surface area contributed by atoms with Crippen LogP contribution in [-0.2, 0) is 10.4 Å². The number of methoxy groups -OCH3 is 1. The molecule has 0 heterocycles. The highest BCUT2D eigenvalue weighted by Crippen LogP contribution is 2.30. The topological polar surface area (TPSA) is 119 Å². The second-order valence-electron chi connectivity index (χ2n) is 3.17. The number of hydrogen-bond donors (Lipinski definition) is 3. The van der Waals surface area contributed by atoms with Crippen LogP contribution in [0.4, 0.5) is 0 Å². The number of hydrogen-bond acceptors (Lipinski definition) is 6. The highest BCUT2D eigenvalue weighted by atomic mass is 32.3. The maximum Gasteiger partial charge on any atom is 0.446 e. The van der Waals surface area contributed by atoms with Crippen LogP contribution in [-0.4, -0.2) is 31.7 Å². The summed E-state index contributed by atoms with van der Waals surface area (Å²) in [6, 6.07) is 4.04. The van der Waals surface area contributed by atoms with Gasteiger partial charge in [-0.05, 0) is 17.7 Å². The zero-order valence-corrected chi connectivity index (χ0v) is 9.85. The highest BCUT2D eigenvalue weighted by molar-refractivity contribution is 7.81. The van der Waals surface area contributed by atoms with E-state index in [4.69, 9.17) is 15.0 Å². The molecule has 1 aromatic carbocycles. The molecular formula is C9H13NO6S. The van der Waals surface area contributed by atoms with Crippen LogP contribution >= 0.6 is 0 Å². The van der Waals surface area contributed by atoms with Gasteiger partial charge in [-0.25, -0.2) is 0 Å². The predicted molar refractivity (Wildman–Crippen MR) is 59.2 cm³/mol. The molecule has 0 radical (unpaired) electrons. The summed E-state index contributed by atoms with van der Waals surface area (Å²) in [5, 5.41) is 9.48. The fourth-order valence-corrected chi connectivity index (χ4v) is 1.57. The zero-order chi connectivity index (χ0) is 13.1. The monoisotopic (exact) mass is 263 g/mol. The van der Waals surface area contributed by atoms with Crippen LogP contribution in [0.25, 0.3) is 0 Å². The Balaban J connectivity index is 3.10. The molecule has 1 atom stereocenters. The minimum absolute atomic E-state index is 0.0155. The number of ether oxygens (including phenoxy) is 1. The number of nitrogens with two attached hydrogens (primary N) is 1. The summed E-state index contributed by atoms with van der Waals surface area (Å²) in [7, 11) is -3.32. The molecule has 4 N–H and O–H groups in total. The molecule has 8 heteroatoms. The summed E-state index contributed by atoms with van der Waals surface area (Å²) in [6.45, 7) is 0.0155. The summed E-state index contributed by atoms with van der Waals surface area (Å²) in [5.41, 5.74) is 5.73. The van der Waals surface area contributed by atoms with Crippen LogP contribution < -0.4 is 14.7 Å². The normalized spacial score (nSPS) is 13.2. The Morgan fingerprint density at radius 2 is 2.06 bits per heavy atom. The summed E-state index contributed by atoms with van der Waals surface area (Å²) in [6.07, 6.45) is -0.885. The third-order valence-corrected chi connectivity index (χ3v) is 2.38. The van der Waals surface area contributed by atoms with Crippen LogP contribution in [0, 0.1) is 0 Å². The highest BCUT2D eigenvalue weighted by Gasteiger charge is 2.15. The summed E-state index contributed by atoms with van der Waals surface area (Å²) in [5.74, 6) is -0.115. The summed E-state index contributed by atoms with van der Waals surface area (Å²) in [4.78, 5) is 0. The first-order valence-corrected chi connectivity index (χ1v) is 5.97. The first-order valence-electron chi connectivity index (χ1n) is 4.60. The van der Waals surface area contributed by atoms with Crippen molar-refractivity contribution >= 4 is 10.4 Å². The lowest BCUT2D eigenvalue weighted by Gasteiger charge is -2.12. The molecule has 0 amide bonds. The molecule has 0 unspecified atom stereocenters. The van der Waals surface area contributed by atoms with Crippen molar-refractivity contribution < 1.29 is 27.0 Å². The van der Waals surface area contributed by atoms with Crippen LogP contribution in [0.5, 0.6) is 11.5 Å². The van der Waals surface area contributed by atoms with Crippen LogP contribution in [0.2, 0.25) is 0 Å².